The largest absolute Gasteiger partial charge is 0.494 e. The van der Waals surface area contributed by atoms with Crippen LogP contribution >= 0.6 is 23.1 Å². The summed E-state index contributed by atoms with van der Waals surface area (Å²) in [6.07, 6.45) is 9.66. The van der Waals surface area contributed by atoms with E-state index < -0.39 is 7.14 Å². The SMILES string of the molecule is COc1cc(=O)n(-c2cnn(C)c2)cc1Nc1ncc(Br)c(Nc2ccc3nccnc3c2P(C)(C)=O)n1. The molecule has 0 atom stereocenters. The Morgan fingerprint density at radius 1 is 1.03 bits per heavy atom. The number of aryl methyl sites for hydroxylation is 1. The lowest BCUT2D eigenvalue weighted by Crippen LogP contribution is -2.18. The predicted octanol–water partition coefficient (Wildman–Crippen LogP) is 3.81. The molecule has 0 fully saturated rings. The molecule has 38 heavy (non-hydrogen) atoms. The van der Waals surface area contributed by atoms with E-state index >= 15 is 0 Å². The molecule has 4 aromatic heterocycles. The smallest absolute Gasteiger partial charge is 0.259 e. The van der Waals surface area contributed by atoms with E-state index in [4.69, 9.17) is 4.74 Å². The number of hydrogen-bond donors (Lipinski definition) is 2. The second kappa shape index (κ2) is 9.99. The van der Waals surface area contributed by atoms with Crippen molar-refractivity contribution in [1.82, 2.24) is 34.3 Å². The Labute approximate surface area is 225 Å². The molecule has 0 spiro atoms. The highest BCUT2D eigenvalue weighted by atomic mass is 79.9. The summed E-state index contributed by atoms with van der Waals surface area (Å²) in [6, 6.07) is 4.99. The van der Waals surface area contributed by atoms with Gasteiger partial charge in [-0.1, -0.05) is 0 Å². The Kier molecular flexibility index (Phi) is 6.72. The Morgan fingerprint density at radius 3 is 2.53 bits per heavy atom. The van der Waals surface area contributed by atoms with E-state index in [0.29, 0.717) is 49.4 Å². The van der Waals surface area contributed by atoms with E-state index in [1.165, 1.54) is 17.7 Å². The summed E-state index contributed by atoms with van der Waals surface area (Å²) in [4.78, 5) is 30.4. The number of ether oxygens (including phenoxy) is 1. The van der Waals surface area contributed by atoms with Crippen molar-refractivity contribution in [2.45, 2.75) is 0 Å². The highest BCUT2D eigenvalue weighted by molar-refractivity contribution is 9.10. The lowest BCUT2D eigenvalue weighted by molar-refractivity contribution is 0.415. The topological polar surface area (TPSA) is 142 Å². The molecule has 2 N–H and O–H groups in total. The Morgan fingerprint density at radius 2 is 1.82 bits per heavy atom. The summed E-state index contributed by atoms with van der Waals surface area (Å²) in [7, 11) is 0.479. The van der Waals surface area contributed by atoms with Gasteiger partial charge in [-0.3, -0.25) is 24.0 Å². The maximum Gasteiger partial charge on any atom is 0.259 e. The number of pyridine rings is 1. The van der Waals surface area contributed by atoms with Crippen molar-refractivity contribution in [2.75, 3.05) is 31.1 Å². The van der Waals surface area contributed by atoms with Crippen LogP contribution in [0.4, 0.5) is 23.1 Å². The third kappa shape index (κ3) is 5.02. The molecule has 5 rings (SSSR count). The van der Waals surface area contributed by atoms with Crippen LogP contribution in [0.2, 0.25) is 0 Å². The molecular formula is C24H23BrN9O3P. The summed E-state index contributed by atoms with van der Waals surface area (Å²) in [6.45, 7) is 3.38. The Balaban J connectivity index is 1.53. The van der Waals surface area contributed by atoms with Crippen molar-refractivity contribution in [1.29, 1.82) is 0 Å². The highest BCUT2D eigenvalue weighted by Crippen LogP contribution is 2.41. The summed E-state index contributed by atoms with van der Waals surface area (Å²) >= 11 is 3.49. The van der Waals surface area contributed by atoms with E-state index in [0.717, 1.165) is 0 Å². The molecule has 0 bridgehead atoms. The second-order valence-corrected chi connectivity index (χ2v) is 12.7. The third-order valence-corrected chi connectivity index (χ3v) is 7.71. The zero-order chi connectivity index (χ0) is 27.0. The number of fused-ring (bicyclic) bond motifs is 1. The molecule has 5 aromatic rings. The monoisotopic (exact) mass is 595 g/mol. The molecule has 0 aliphatic heterocycles. The quantitative estimate of drug-likeness (QED) is 0.267. The van der Waals surface area contributed by atoms with Crippen LogP contribution in [0.25, 0.3) is 16.7 Å². The van der Waals surface area contributed by atoms with Crippen LogP contribution in [0.1, 0.15) is 0 Å². The van der Waals surface area contributed by atoms with Gasteiger partial charge in [0.2, 0.25) is 5.95 Å². The molecule has 14 heteroatoms. The number of nitrogens with one attached hydrogen (secondary N) is 2. The van der Waals surface area contributed by atoms with E-state index in [2.05, 4.69) is 51.6 Å². The fraction of sp³-hybridized carbons (Fsp3) is 0.167. The molecule has 0 unspecified atom stereocenters. The highest BCUT2D eigenvalue weighted by Gasteiger charge is 2.22. The summed E-state index contributed by atoms with van der Waals surface area (Å²) in [5.74, 6) is 0.994. The molecule has 12 nitrogen and oxygen atoms in total. The van der Waals surface area contributed by atoms with Gasteiger partial charge >= 0.3 is 0 Å². The van der Waals surface area contributed by atoms with Crippen LogP contribution in [0.3, 0.4) is 0 Å². The van der Waals surface area contributed by atoms with Gasteiger partial charge < -0.3 is 19.9 Å². The maximum absolute atomic E-state index is 13.3. The van der Waals surface area contributed by atoms with E-state index in [-0.39, 0.29) is 11.5 Å². The maximum atomic E-state index is 13.3. The van der Waals surface area contributed by atoms with Gasteiger partial charge in [-0.15, -0.1) is 0 Å². The standard InChI is InChI=1S/C24H23BrN9O3P/c1-33-12-14(10-29-33)34-13-18(19(37-2)9-20(34)35)31-24-28-11-15(25)23(32-24)30-17-6-5-16-21(27-8-7-26-16)22(17)38(3,4)36/h5-13H,1-4H3,(H2,28,30,31,32). The van der Waals surface area contributed by atoms with Gasteiger partial charge in [0.05, 0.1) is 40.0 Å². The van der Waals surface area contributed by atoms with Crippen molar-refractivity contribution in [3.8, 4) is 11.4 Å². The Bertz CT molecular complexity index is 1780. The summed E-state index contributed by atoms with van der Waals surface area (Å²) in [5.41, 5.74) is 2.60. The first-order valence-electron chi connectivity index (χ1n) is 11.3. The van der Waals surface area contributed by atoms with Crippen molar-refractivity contribution in [3.05, 3.63) is 70.2 Å². The van der Waals surface area contributed by atoms with Crippen molar-refractivity contribution < 1.29 is 9.30 Å². The molecule has 194 valence electrons. The van der Waals surface area contributed by atoms with E-state index in [1.54, 1.807) is 68.3 Å². The minimum atomic E-state index is -2.76. The van der Waals surface area contributed by atoms with Gasteiger partial charge in [0.25, 0.3) is 5.56 Å². The van der Waals surface area contributed by atoms with E-state index in [1.807, 2.05) is 6.07 Å². The fourth-order valence-electron chi connectivity index (χ4n) is 3.94. The Hall–Kier alpha value is -4.09. The van der Waals surface area contributed by atoms with Crippen LogP contribution < -0.4 is 26.2 Å². The molecule has 4 heterocycles. The van der Waals surface area contributed by atoms with Gasteiger partial charge in [0.1, 0.15) is 29.9 Å². The number of aromatic nitrogens is 7. The average Bonchev–Trinajstić information content (AvgIpc) is 3.31. The van der Waals surface area contributed by atoms with Crippen LogP contribution in [0.5, 0.6) is 5.75 Å². The van der Waals surface area contributed by atoms with Gasteiger partial charge in [0.15, 0.2) is 0 Å². The number of halogens is 1. The first-order valence-corrected chi connectivity index (χ1v) is 14.7. The minimum Gasteiger partial charge on any atom is -0.494 e. The molecule has 0 saturated carbocycles. The van der Waals surface area contributed by atoms with Crippen molar-refractivity contribution in [2.24, 2.45) is 7.05 Å². The third-order valence-electron chi connectivity index (χ3n) is 5.60. The average molecular weight is 596 g/mol. The minimum absolute atomic E-state index is 0.240. The first-order chi connectivity index (χ1) is 18.1. The molecule has 0 radical (unpaired) electrons. The lowest BCUT2D eigenvalue weighted by Gasteiger charge is -2.18. The number of methoxy groups -OCH3 is 1. The molecule has 0 aliphatic carbocycles. The van der Waals surface area contributed by atoms with Gasteiger partial charge in [-0.05, 0) is 41.4 Å². The molecule has 0 saturated heterocycles. The van der Waals surface area contributed by atoms with Crippen molar-refractivity contribution in [3.63, 3.8) is 0 Å². The number of anilines is 4. The second-order valence-electron chi connectivity index (χ2n) is 8.71. The first kappa shape index (κ1) is 25.6. The van der Waals surface area contributed by atoms with E-state index in [9.17, 15) is 9.36 Å². The summed E-state index contributed by atoms with van der Waals surface area (Å²) in [5, 5.41) is 11.1. The lowest BCUT2D eigenvalue weighted by atomic mass is 10.2. The molecule has 0 aliphatic rings. The van der Waals surface area contributed by atoms with Crippen molar-refractivity contribution >= 4 is 62.6 Å². The normalized spacial score (nSPS) is 11.5. The summed E-state index contributed by atoms with van der Waals surface area (Å²) < 4.78 is 22.3. The number of hydrogen-bond acceptors (Lipinski definition) is 10. The number of benzene rings is 1. The van der Waals surface area contributed by atoms with Crippen LogP contribution in [0, 0.1) is 0 Å². The number of nitrogens with zero attached hydrogens (tertiary/aromatic N) is 7. The van der Waals surface area contributed by atoms with Gasteiger partial charge in [0, 0.05) is 44.1 Å². The number of rotatable bonds is 7. The zero-order valence-electron chi connectivity index (χ0n) is 20.9. The molecule has 1 aromatic carbocycles. The van der Waals surface area contributed by atoms with Crippen LogP contribution in [-0.4, -0.2) is 54.7 Å². The van der Waals surface area contributed by atoms with Gasteiger partial charge in [-0.2, -0.15) is 10.1 Å². The van der Waals surface area contributed by atoms with Gasteiger partial charge in [-0.25, -0.2) is 4.98 Å². The molecular weight excluding hydrogens is 573 g/mol. The van der Waals surface area contributed by atoms with Crippen LogP contribution in [-0.2, 0) is 11.6 Å². The fourth-order valence-corrected chi connectivity index (χ4v) is 5.63. The molecule has 0 amide bonds. The zero-order valence-corrected chi connectivity index (χ0v) is 23.4. The van der Waals surface area contributed by atoms with Crippen LogP contribution in [0.15, 0.2) is 64.6 Å². The predicted molar refractivity (Wildman–Crippen MR) is 150 cm³/mol.